The van der Waals surface area contributed by atoms with E-state index in [0.29, 0.717) is 0 Å². The van der Waals surface area contributed by atoms with Crippen LogP contribution < -0.4 is 4.74 Å². The quantitative estimate of drug-likeness (QED) is 0.619. The zero-order valence-corrected chi connectivity index (χ0v) is 14.4. The van der Waals surface area contributed by atoms with Gasteiger partial charge in [-0.15, -0.1) is 11.3 Å². The summed E-state index contributed by atoms with van der Waals surface area (Å²) in [6.45, 7) is 4.20. The molecule has 1 nitrogen and oxygen atoms in total. The van der Waals surface area contributed by atoms with Gasteiger partial charge in [-0.05, 0) is 58.6 Å². The molecule has 1 unspecified atom stereocenters. The highest BCUT2D eigenvalue weighted by atomic mass is 79.9. The minimum absolute atomic E-state index is 0.203. The van der Waals surface area contributed by atoms with Crippen LogP contribution in [0.3, 0.4) is 0 Å². The predicted octanol–water partition coefficient (Wildman–Crippen LogP) is 5.62. The molecule has 2 aromatic rings. The molecule has 4 heteroatoms. The number of ether oxygens (including phenoxy) is 1. The minimum atomic E-state index is 0.203. The summed E-state index contributed by atoms with van der Waals surface area (Å²) in [4.78, 5) is 1.53. The second-order valence-electron chi connectivity index (χ2n) is 4.15. The lowest BCUT2D eigenvalue weighted by atomic mass is 10.0. The smallest absolute Gasteiger partial charge is 0.122 e. The van der Waals surface area contributed by atoms with E-state index in [-0.39, 0.29) is 4.83 Å². The fraction of sp³-hybridized carbons (Fsp3) is 0.286. The first-order valence-corrected chi connectivity index (χ1v) is 8.10. The third-order valence-electron chi connectivity index (χ3n) is 2.92. The minimum Gasteiger partial charge on any atom is -0.496 e. The molecule has 1 heterocycles. The molecule has 0 fully saturated rings. The lowest BCUT2D eigenvalue weighted by molar-refractivity contribution is 0.411. The van der Waals surface area contributed by atoms with Gasteiger partial charge < -0.3 is 4.74 Å². The van der Waals surface area contributed by atoms with Gasteiger partial charge in [0.25, 0.3) is 0 Å². The second-order valence-corrected chi connectivity index (χ2v) is 7.70. The van der Waals surface area contributed by atoms with E-state index in [1.165, 1.54) is 19.8 Å². The van der Waals surface area contributed by atoms with E-state index in [0.717, 1.165) is 11.3 Å². The lowest BCUT2D eigenvalue weighted by Gasteiger charge is -2.13. The van der Waals surface area contributed by atoms with Gasteiger partial charge in [-0.3, -0.25) is 0 Å². The summed E-state index contributed by atoms with van der Waals surface area (Å²) in [6.07, 6.45) is 0. The highest BCUT2D eigenvalue weighted by molar-refractivity contribution is 9.11. The summed E-state index contributed by atoms with van der Waals surface area (Å²) < 4.78 is 6.54. The number of aryl methyl sites for hydroxylation is 2. The summed E-state index contributed by atoms with van der Waals surface area (Å²) in [7, 11) is 1.71. The Morgan fingerprint density at radius 3 is 2.50 bits per heavy atom. The average molecular weight is 390 g/mol. The van der Waals surface area contributed by atoms with Gasteiger partial charge in [0.05, 0.1) is 15.7 Å². The Kier molecular flexibility index (Phi) is 4.51. The summed E-state index contributed by atoms with van der Waals surface area (Å²) in [5.41, 5.74) is 3.67. The van der Waals surface area contributed by atoms with Crippen LogP contribution in [0.5, 0.6) is 5.75 Å². The molecule has 0 saturated carbocycles. The molecule has 1 aromatic carbocycles. The zero-order chi connectivity index (χ0) is 13.3. The van der Waals surface area contributed by atoms with E-state index < -0.39 is 0 Å². The van der Waals surface area contributed by atoms with Gasteiger partial charge in [0.1, 0.15) is 5.75 Å². The van der Waals surface area contributed by atoms with E-state index in [2.05, 4.69) is 70.0 Å². The van der Waals surface area contributed by atoms with Crippen molar-refractivity contribution < 1.29 is 4.74 Å². The number of hydrogen-bond donors (Lipinski definition) is 0. The van der Waals surface area contributed by atoms with Gasteiger partial charge >= 0.3 is 0 Å². The van der Waals surface area contributed by atoms with Crippen molar-refractivity contribution >= 4 is 43.2 Å². The van der Waals surface area contributed by atoms with Gasteiger partial charge in [-0.1, -0.05) is 28.1 Å². The van der Waals surface area contributed by atoms with Crippen molar-refractivity contribution in [2.45, 2.75) is 18.7 Å². The van der Waals surface area contributed by atoms with E-state index in [9.17, 15) is 0 Å². The standard InChI is InChI=1S/C14H14Br2OS/c1-8-4-5-10(6-12(8)17-3)14(16)11-7-13(15)18-9(11)2/h4-7,14H,1-3H3. The first-order chi connectivity index (χ1) is 8.52. The maximum Gasteiger partial charge on any atom is 0.122 e. The second kappa shape index (κ2) is 5.76. The van der Waals surface area contributed by atoms with Crippen molar-refractivity contribution in [2.75, 3.05) is 7.11 Å². The summed E-state index contributed by atoms with van der Waals surface area (Å²) in [5.74, 6) is 0.934. The Morgan fingerprint density at radius 1 is 1.22 bits per heavy atom. The first-order valence-electron chi connectivity index (χ1n) is 5.57. The molecule has 0 amide bonds. The van der Waals surface area contributed by atoms with Crippen molar-refractivity contribution in [1.29, 1.82) is 0 Å². The van der Waals surface area contributed by atoms with Crippen molar-refractivity contribution in [3.8, 4) is 5.75 Å². The molecule has 0 bridgehead atoms. The molecule has 0 aliphatic rings. The number of alkyl halides is 1. The Hall–Kier alpha value is -0.320. The molecule has 96 valence electrons. The Balaban J connectivity index is 2.39. The number of benzene rings is 1. The van der Waals surface area contributed by atoms with Crippen LogP contribution in [0, 0.1) is 13.8 Å². The molecule has 0 saturated heterocycles. The molecule has 0 aliphatic heterocycles. The number of thiophene rings is 1. The van der Waals surface area contributed by atoms with Gasteiger partial charge in [-0.2, -0.15) is 0 Å². The van der Waals surface area contributed by atoms with Gasteiger partial charge in [0, 0.05) is 4.88 Å². The van der Waals surface area contributed by atoms with Crippen molar-refractivity contribution in [1.82, 2.24) is 0 Å². The van der Waals surface area contributed by atoms with E-state index in [1.807, 2.05) is 0 Å². The van der Waals surface area contributed by atoms with Gasteiger partial charge in [0.15, 0.2) is 0 Å². The normalized spacial score (nSPS) is 12.5. The van der Waals surface area contributed by atoms with Crippen LogP contribution in [0.4, 0.5) is 0 Å². The van der Waals surface area contributed by atoms with Crippen molar-refractivity contribution in [3.63, 3.8) is 0 Å². The molecule has 0 radical (unpaired) electrons. The largest absolute Gasteiger partial charge is 0.496 e. The van der Waals surface area contributed by atoms with Crippen LogP contribution in [-0.4, -0.2) is 7.11 Å². The Labute approximate surface area is 128 Å². The van der Waals surface area contributed by atoms with E-state index in [1.54, 1.807) is 18.4 Å². The summed E-state index contributed by atoms with van der Waals surface area (Å²) in [5, 5.41) is 0. The molecule has 18 heavy (non-hydrogen) atoms. The molecule has 1 aromatic heterocycles. The molecule has 0 aliphatic carbocycles. The highest BCUT2D eigenvalue weighted by Crippen LogP contribution is 2.39. The molecule has 1 atom stereocenters. The molecular formula is C14H14Br2OS. The van der Waals surface area contributed by atoms with Crippen LogP contribution in [0.2, 0.25) is 0 Å². The number of hydrogen-bond acceptors (Lipinski definition) is 2. The zero-order valence-electron chi connectivity index (χ0n) is 10.5. The SMILES string of the molecule is COc1cc(C(Br)c2cc(Br)sc2C)ccc1C. The third-order valence-corrected chi connectivity index (χ3v) is 5.52. The van der Waals surface area contributed by atoms with Gasteiger partial charge in [-0.25, -0.2) is 0 Å². The van der Waals surface area contributed by atoms with Crippen molar-refractivity contribution in [3.05, 3.63) is 49.6 Å². The van der Waals surface area contributed by atoms with Crippen LogP contribution in [0.15, 0.2) is 28.1 Å². The number of rotatable bonds is 3. The van der Waals surface area contributed by atoms with Crippen LogP contribution in [0.1, 0.15) is 26.4 Å². The van der Waals surface area contributed by atoms with Gasteiger partial charge in [0.2, 0.25) is 0 Å². The highest BCUT2D eigenvalue weighted by Gasteiger charge is 2.16. The first kappa shape index (κ1) is 14.1. The fourth-order valence-electron chi connectivity index (χ4n) is 1.88. The fourth-order valence-corrected chi connectivity index (χ4v) is 4.54. The average Bonchev–Trinajstić information content (AvgIpc) is 2.68. The van der Waals surface area contributed by atoms with Crippen molar-refractivity contribution in [2.24, 2.45) is 0 Å². The molecule has 0 N–H and O–H groups in total. The summed E-state index contributed by atoms with van der Waals surface area (Å²) in [6, 6.07) is 8.51. The predicted molar refractivity (Wildman–Crippen MR) is 85.3 cm³/mol. The van der Waals surface area contributed by atoms with Crippen LogP contribution >= 0.6 is 43.2 Å². The molecule has 2 rings (SSSR count). The number of halogens is 2. The van der Waals surface area contributed by atoms with Crippen LogP contribution in [-0.2, 0) is 0 Å². The summed E-state index contributed by atoms with van der Waals surface area (Å²) >= 11 is 9.07. The maximum absolute atomic E-state index is 5.38. The molecule has 0 spiro atoms. The van der Waals surface area contributed by atoms with E-state index in [4.69, 9.17) is 4.74 Å². The Morgan fingerprint density at radius 2 is 1.94 bits per heavy atom. The van der Waals surface area contributed by atoms with Crippen LogP contribution in [0.25, 0.3) is 0 Å². The topological polar surface area (TPSA) is 9.23 Å². The lowest BCUT2D eigenvalue weighted by Crippen LogP contribution is -1.95. The Bertz CT molecular complexity index is 563. The maximum atomic E-state index is 5.38. The molecular weight excluding hydrogens is 376 g/mol. The number of methoxy groups -OCH3 is 1. The monoisotopic (exact) mass is 388 g/mol. The third kappa shape index (κ3) is 2.81. The van der Waals surface area contributed by atoms with E-state index >= 15 is 0 Å².